The summed E-state index contributed by atoms with van der Waals surface area (Å²) in [6, 6.07) is 10.3. The summed E-state index contributed by atoms with van der Waals surface area (Å²) >= 11 is 0. The summed E-state index contributed by atoms with van der Waals surface area (Å²) in [6.45, 7) is 1.04. The zero-order chi connectivity index (χ0) is 20.9. The number of carbonyl (C=O) groups excluding carboxylic acids is 1. The van der Waals surface area contributed by atoms with E-state index >= 15 is 0 Å². The van der Waals surface area contributed by atoms with Crippen molar-refractivity contribution < 1.29 is 27.4 Å². The van der Waals surface area contributed by atoms with Crippen LogP contribution in [-0.4, -0.2) is 36.1 Å². The van der Waals surface area contributed by atoms with E-state index in [9.17, 15) is 18.0 Å². The minimum absolute atomic E-state index is 0.0392. The molecule has 0 unspecified atom stereocenters. The van der Waals surface area contributed by atoms with E-state index in [1.54, 1.807) is 37.4 Å². The highest BCUT2D eigenvalue weighted by atomic mass is 19.4. The van der Waals surface area contributed by atoms with Gasteiger partial charge in [0, 0.05) is 37.9 Å². The summed E-state index contributed by atoms with van der Waals surface area (Å²) in [5.74, 6) is 0.151. The number of fused-ring (bicyclic) bond motifs is 1. The molecule has 0 bridgehead atoms. The van der Waals surface area contributed by atoms with Crippen molar-refractivity contribution in [3.63, 3.8) is 0 Å². The molecular formula is C20H18F3N3O3. The molecule has 0 radical (unpaired) electrons. The Labute approximate surface area is 164 Å². The SMILES string of the molecule is COCCCNC(=O)c1ccc2cc(Oc3ccc(C(F)(F)F)cn3)ccc2n1. The van der Waals surface area contributed by atoms with Crippen molar-refractivity contribution >= 4 is 16.8 Å². The van der Waals surface area contributed by atoms with Crippen LogP contribution in [0.2, 0.25) is 0 Å². The molecule has 0 fully saturated rings. The Hall–Kier alpha value is -3.20. The van der Waals surface area contributed by atoms with Gasteiger partial charge in [-0.15, -0.1) is 0 Å². The van der Waals surface area contributed by atoms with Crippen molar-refractivity contribution in [3.8, 4) is 11.6 Å². The quantitative estimate of drug-likeness (QED) is 0.596. The van der Waals surface area contributed by atoms with E-state index < -0.39 is 11.7 Å². The fourth-order valence-electron chi connectivity index (χ4n) is 2.53. The number of pyridine rings is 2. The molecule has 0 aliphatic carbocycles. The van der Waals surface area contributed by atoms with Crippen LogP contribution in [0.1, 0.15) is 22.5 Å². The number of methoxy groups -OCH3 is 1. The first-order chi connectivity index (χ1) is 13.9. The number of nitrogens with one attached hydrogen (secondary N) is 1. The largest absolute Gasteiger partial charge is 0.439 e. The van der Waals surface area contributed by atoms with Gasteiger partial charge < -0.3 is 14.8 Å². The molecular weight excluding hydrogens is 387 g/mol. The van der Waals surface area contributed by atoms with Crippen molar-refractivity contribution in [1.82, 2.24) is 15.3 Å². The Kier molecular flexibility index (Phi) is 6.28. The van der Waals surface area contributed by atoms with Crippen LogP contribution >= 0.6 is 0 Å². The Morgan fingerprint density at radius 3 is 2.66 bits per heavy atom. The smallest absolute Gasteiger partial charge is 0.417 e. The molecule has 3 aromatic rings. The number of nitrogens with zero attached hydrogens (tertiary/aromatic N) is 2. The lowest BCUT2D eigenvalue weighted by molar-refractivity contribution is -0.137. The molecule has 9 heteroatoms. The molecule has 1 aromatic carbocycles. The lowest BCUT2D eigenvalue weighted by Crippen LogP contribution is -2.26. The van der Waals surface area contributed by atoms with E-state index in [2.05, 4.69) is 15.3 Å². The lowest BCUT2D eigenvalue weighted by Gasteiger charge is -2.09. The van der Waals surface area contributed by atoms with E-state index in [0.717, 1.165) is 18.3 Å². The number of carbonyl (C=O) groups is 1. The fourth-order valence-corrected chi connectivity index (χ4v) is 2.53. The second-order valence-electron chi connectivity index (χ2n) is 6.14. The van der Waals surface area contributed by atoms with Gasteiger partial charge in [-0.2, -0.15) is 13.2 Å². The van der Waals surface area contributed by atoms with E-state index in [1.165, 1.54) is 0 Å². The van der Waals surface area contributed by atoms with Gasteiger partial charge in [0.2, 0.25) is 5.88 Å². The number of alkyl halides is 3. The van der Waals surface area contributed by atoms with Crippen LogP contribution in [0.15, 0.2) is 48.7 Å². The van der Waals surface area contributed by atoms with Crippen molar-refractivity contribution in [3.05, 3.63) is 59.9 Å². The van der Waals surface area contributed by atoms with Gasteiger partial charge >= 0.3 is 6.18 Å². The van der Waals surface area contributed by atoms with E-state index in [4.69, 9.17) is 9.47 Å². The second-order valence-corrected chi connectivity index (χ2v) is 6.14. The summed E-state index contributed by atoms with van der Waals surface area (Å²) in [7, 11) is 1.60. The molecule has 3 rings (SSSR count). The molecule has 1 amide bonds. The topological polar surface area (TPSA) is 73.3 Å². The zero-order valence-corrected chi connectivity index (χ0v) is 15.5. The number of halogens is 3. The van der Waals surface area contributed by atoms with Crippen LogP contribution in [0.4, 0.5) is 13.2 Å². The van der Waals surface area contributed by atoms with Crippen molar-refractivity contribution in [2.75, 3.05) is 20.3 Å². The summed E-state index contributed by atoms with van der Waals surface area (Å²) in [6.07, 6.45) is -3.03. The van der Waals surface area contributed by atoms with Gasteiger partial charge in [-0.1, -0.05) is 6.07 Å². The maximum Gasteiger partial charge on any atom is 0.417 e. The van der Waals surface area contributed by atoms with Crippen LogP contribution in [-0.2, 0) is 10.9 Å². The van der Waals surface area contributed by atoms with Crippen LogP contribution in [0.3, 0.4) is 0 Å². The van der Waals surface area contributed by atoms with Gasteiger partial charge in [-0.25, -0.2) is 9.97 Å². The minimum atomic E-state index is -4.45. The molecule has 0 aliphatic heterocycles. The molecule has 0 saturated heterocycles. The number of hydrogen-bond acceptors (Lipinski definition) is 5. The van der Waals surface area contributed by atoms with Gasteiger partial charge in [0.1, 0.15) is 11.4 Å². The minimum Gasteiger partial charge on any atom is -0.439 e. The third-order valence-corrected chi connectivity index (χ3v) is 3.99. The molecule has 0 aliphatic rings. The molecule has 152 valence electrons. The lowest BCUT2D eigenvalue weighted by atomic mass is 10.2. The number of hydrogen-bond donors (Lipinski definition) is 1. The summed E-state index contributed by atoms with van der Waals surface area (Å²) in [4.78, 5) is 20.1. The normalized spacial score (nSPS) is 11.4. The molecule has 0 saturated carbocycles. The predicted octanol–water partition coefficient (Wildman–Crippen LogP) is 4.21. The Morgan fingerprint density at radius 2 is 1.97 bits per heavy atom. The fraction of sp³-hybridized carbons (Fsp3) is 0.250. The third kappa shape index (κ3) is 5.41. The van der Waals surface area contributed by atoms with Gasteiger partial charge in [0.05, 0.1) is 11.1 Å². The van der Waals surface area contributed by atoms with Crippen LogP contribution in [0.25, 0.3) is 10.9 Å². The highest BCUT2D eigenvalue weighted by Gasteiger charge is 2.30. The van der Waals surface area contributed by atoms with Crippen LogP contribution < -0.4 is 10.1 Å². The maximum absolute atomic E-state index is 12.6. The Morgan fingerprint density at radius 1 is 1.14 bits per heavy atom. The van der Waals surface area contributed by atoms with Crippen molar-refractivity contribution in [1.29, 1.82) is 0 Å². The zero-order valence-electron chi connectivity index (χ0n) is 15.5. The first kappa shape index (κ1) is 20.5. The van der Waals surface area contributed by atoms with Gasteiger partial charge in [-0.3, -0.25) is 4.79 Å². The number of aromatic nitrogens is 2. The second kappa shape index (κ2) is 8.87. The van der Waals surface area contributed by atoms with Gasteiger partial charge in [-0.05, 0) is 36.8 Å². The number of ether oxygens (including phenoxy) is 2. The standard InChI is InChI=1S/C20H18F3N3O3/c1-28-10-2-9-24-19(27)17-6-3-13-11-15(5-7-16(13)26-17)29-18-8-4-14(12-25-18)20(21,22)23/h3-8,11-12H,2,9-10H2,1H3,(H,24,27). The summed E-state index contributed by atoms with van der Waals surface area (Å²) in [5, 5.41) is 3.48. The number of amides is 1. The Balaban J connectivity index is 1.70. The van der Waals surface area contributed by atoms with Gasteiger partial charge in [0.25, 0.3) is 5.91 Å². The summed E-state index contributed by atoms with van der Waals surface area (Å²) in [5.41, 5.74) is 0.0239. The first-order valence-electron chi connectivity index (χ1n) is 8.76. The van der Waals surface area contributed by atoms with Crippen LogP contribution in [0.5, 0.6) is 11.6 Å². The van der Waals surface area contributed by atoms with E-state index in [-0.39, 0.29) is 17.5 Å². The van der Waals surface area contributed by atoms with Crippen LogP contribution in [0, 0.1) is 0 Å². The van der Waals surface area contributed by atoms with Crippen molar-refractivity contribution in [2.45, 2.75) is 12.6 Å². The first-order valence-corrected chi connectivity index (χ1v) is 8.76. The van der Waals surface area contributed by atoms with E-state index in [1.807, 2.05) is 0 Å². The Bertz CT molecular complexity index is 992. The maximum atomic E-state index is 12.6. The third-order valence-electron chi connectivity index (χ3n) is 3.99. The van der Waals surface area contributed by atoms with E-state index in [0.29, 0.717) is 36.2 Å². The average molecular weight is 405 g/mol. The number of rotatable bonds is 7. The molecule has 2 heterocycles. The number of benzene rings is 1. The molecule has 6 nitrogen and oxygen atoms in total. The predicted molar refractivity (Wildman–Crippen MR) is 99.9 cm³/mol. The molecule has 2 aromatic heterocycles. The molecule has 0 spiro atoms. The summed E-state index contributed by atoms with van der Waals surface area (Å²) < 4.78 is 48.2. The molecule has 0 atom stereocenters. The molecule has 1 N–H and O–H groups in total. The van der Waals surface area contributed by atoms with Gasteiger partial charge in [0.15, 0.2) is 0 Å². The monoisotopic (exact) mass is 405 g/mol. The highest BCUT2D eigenvalue weighted by molar-refractivity contribution is 5.95. The highest BCUT2D eigenvalue weighted by Crippen LogP contribution is 2.30. The average Bonchev–Trinajstić information content (AvgIpc) is 2.70. The molecule has 29 heavy (non-hydrogen) atoms. The van der Waals surface area contributed by atoms with Crippen molar-refractivity contribution in [2.24, 2.45) is 0 Å².